The molecule has 0 radical (unpaired) electrons. The van der Waals surface area contributed by atoms with Gasteiger partial charge in [0.2, 0.25) is 0 Å². The summed E-state index contributed by atoms with van der Waals surface area (Å²) in [5.74, 6) is 1.37. The third kappa shape index (κ3) is 6.94. The van der Waals surface area contributed by atoms with Gasteiger partial charge < -0.3 is 15.8 Å². The molecule has 22 heavy (non-hydrogen) atoms. The molecule has 2 rings (SSSR count). The van der Waals surface area contributed by atoms with E-state index in [9.17, 15) is 0 Å². The normalized spacial score (nSPS) is 15.5. The quantitative estimate of drug-likeness (QED) is 0.397. The van der Waals surface area contributed by atoms with Crippen LogP contribution in [0.3, 0.4) is 0 Å². The first kappa shape index (κ1) is 16.8. The molecule has 0 heterocycles. The van der Waals surface area contributed by atoms with E-state index in [-0.39, 0.29) is 0 Å². The number of nitrogens with two attached hydrogens (primary N) is 1. The van der Waals surface area contributed by atoms with Crippen molar-refractivity contribution in [1.82, 2.24) is 5.32 Å². The molecule has 0 spiro atoms. The van der Waals surface area contributed by atoms with Crippen LogP contribution in [0.4, 0.5) is 0 Å². The van der Waals surface area contributed by atoms with E-state index in [1.54, 1.807) is 0 Å². The molecule has 122 valence electrons. The Morgan fingerprint density at radius 3 is 2.73 bits per heavy atom. The van der Waals surface area contributed by atoms with Gasteiger partial charge in [-0.25, -0.2) is 0 Å². The first-order chi connectivity index (χ1) is 10.8. The van der Waals surface area contributed by atoms with E-state index >= 15 is 0 Å². The Balaban J connectivity index is 1.39. The van der Waals surface area contributed by atoms with Crippen molar-refractivity contribution in [2.45, 2.75) is 38.5 Å². The van der Waals surface area contributed by atoms with Crippen molar-refractivity contribution in [3.05, 3.63) is 35.9 Å². The first-order valence-corrected chi connectivity index (χ1v) is 8.50. The van der Waals surface area contributed by atoms with Gasteiger partial charge in [0.25, 0.3) is 0 Å². The van der Waals surface area contributed by atoms with E-state index in [0.717, 1.165) is 51.5 Å². The Morgan fingerprint density at radius 2 is 2.00 bits per heavy atom. The lowest BCUT2D eigenvalue weighted by Crippen LogP contribution is -2.33. The van der Waals surface area contributed by atoms with E-state index < -0.39 is 0 Å². The maximum absolute atomic E-state index is 5.84. The van der Waals surface area contributed by atoms with Gasteiger partial charge >= 0.3 is 0 Å². The van der Waals surface area contributed by atoms with Gasteiger partial charge in [0.05, 0.1) is 6.61 Å². The molecule has 4 nitrogen and oxygen atoms in total. The largest absolute Gasteiger partial charge is 0.381 e. The molecule has 0 bridgehead atoms. The third-order valence-corrected chi connectivity index (χ3v) is 4.14. The molecule has 4 heteroatoms. The van der Waals surface area contributed by atoms with Crippen LogP contribution in [-0.4, -0.2) is 32.3 Å². The van der Waals surface area contributed by atoms with Crippen LogP contribution in [0.15, 0.2) is 35.3 Å². The molecule has 3 N–H and O–H groups in total. The first-order valence-electron chi connectivity index (χ1n) is 8.50. The summed E-state index contributed by atoms with van der Waals surface area (Å²) in [4.78, 5) is 4.38. The van der Waals surface area contributed by atoms with Gasteiger partial charge in [-0.1, -0.05) is 36.8 Å². The Hall–Kier alpha value is -1.55. The van der Waals surface area contributed by atoms with E-state index in [4.69, 9.17) is 10.5 Å². The zero-order valence-corrected chi connectivity index (χ0v) is 13.5. The highest BCUT2D eigenvalue weighted by Crippen LogP contribution is 2.26. The predicted molar refractivity (Wildman–Crippen MR) is 92.0 cm³/mol. The van der Waals surface area contributed by atoms with E-state index in [0.29, 0.717) is 5.96 Å². The van der Waals surface area contributed by atoms with Crippen LogP contribution in [0.1, 0.15) is 37.7 Å². The monoisotopic (exact) mass is 303 g/mol. The number of benzene rings is 1. The SMILES string of the molecule is NC(=NCC1CCC1)NCCCCOCCc1ccccc1. The van der Waals surface area contributed by atoms with Crippen molar-refractivity contribution in [1.29, 1.82) is 0 Å². The zero-order valence-electron chi connectivity index (χ0n) is 13.5. The predicted octanol–water partition coefficient (Wildman–Crippen LogP) is 2.73. The summed E-state index contributed by atoms with van der Waals surface area (Å²) in [6.45, 7) is 3.37. The molecule has 0 saturated heterocycles. The minimum Gasteiger partial charge on any atom is -0.381 e. The fourth-order valence-corrected chi connectivity index (χ4v) is 2.44. The number of guanidine groups is 1. The van der Waals surface area contributed by atoms with Crippen molar-refractivity contribution in [2.75, 3.05) is 26.3 Å². The maximum Gasteiger partial charge on any atom is 0.188 e. The minimum atomic E-state index is 0.594. The Kier molecular flexibility index (Phi) is 7.81. The van der Waals surface area contributed by atoms with E-state index in [1.807, 2.05) is 6.07 Å². The molecule has 0 atom stereocenters. The molecule has 1 saturated carbocycles. The molecule has 1 fully saturated rings. The van der Waals surface area contributed by atoms with Gasteiger partial charge in [-0.05, 0) is 43.6 Å². The second-order valence-corrected chi connectivity index (χ2v) is 6.00. The van der Waals surface area contributed by atoms with Gasteiger partial charge in [0, 0.05) is 19.7 Å². The van der Waals surface area contributed by atoms with Gasteiger partial charge in [0.1, 0.15) is 0 Å². The number of rotatable bonds is 10. The molecule has 0 aliphatic heterocycles. The Bertz CT molecular complexity index is 429. The lowest BCUT2D eigenvalue weighted by Gasteiger charge is -2.23. The summed E-state index contributed by atoms with van der Waals surface area (Å²) in [5, 5.41) is 3.18. The van der Waals surface area contributed by atoms with Gasteiger partial charge in [-0.15, -0.1) is 0 Å². The third-order valence-electron chi connectivity index (χ3n) is 4.14. The second-order valence-electron chi connectivity index (χ2n) is 6.00. The number of nitrogens with zero attached hydrogens (tertiary/aromatic N) is 1. The van der Waals surface area contributed by atoms with Crippen LogP contribution in [-0.2, 0) is 11.2 Å². The van der Waals surface area contributed by atoms with Crippen molar-refractivity contribution in [3.8, 4) is 0 Å². The van der Waals surface area contributed by atoms with Crippen molar-refractivity contribution in [3.63, 3.8) is 0 Å². The highest BCUT2D eigenvalue weighted by atomic mass is 16.5. The number of nitrogens with one attached hydrogen (secondary N) is 1. The van der Waals surface area contributed by atoms with E-state index in [1.165, 1.54) is 24.8 Å². The number of ether oxygens (including phenoxy) is 1. The second kappa shape index (κ2) is 10.2. The van der Waals surface area contributed by atoms with Crippen LogP contribution in [0, 0.1) is 5.92 Å². The zero-order chi connectivity index (χ0) is 15.5. The fraction of sp³-hybridized carbons (Fsp3) is 0.611. The van der Waals surface area contributed by atoms with Crippen LogP contribution in [0.25, 0.3) is 0 Å². The van der Waals surface area contributed by atoms with Crippen LogP contribution in [0.2, 0.25) is 0 Å². The van der Waals surface area contributed by atoms with Crippen LogP contribution >= 0.6 is 0 Å². The molecule has 1 aliphatic rings. The van der Waals surface area contributed by atoms with Crippen molar-refractivity contribution in [2.24, 2.45) is 16.6 Å². The number of aliphatic imine (C=N–C) groups is 1. The van der Waals surface area contributed by atoms with Crippen molar-refractivity contribution >= 4 is 5.96 Å². The van der Waals surface area contributed by atoms with Gasteiger partial charge in [-0.2, -0.15) is 0 Å². The summed E-state index contributed by atoms with van der Waals surface area (Å²) in [6.07, 6.45) is 7.09. The Morgan fingerprint density at radius 1 is 1.18 bits per heavy atom. The van der Waals surface area contributed by atoms with Gasteiger partial charge in [0.15, 0.2) is 5.96 Å². The molecular formula is C18H29N3O. The smallest absolute Gasteiger partial charge is 0.188 e. The number of hydrogen-bond donors (Lipinski definition) is 2. The molecule has 0 amide bonds. The summed E-state index contributed by atoms with van der Waals surface area (Å²) >= 11 is 0. The van der Waals surface area contributed by atoms with Crippen LogP contribution in [0.5, 0.6) is 0 Å². The highest BCUT2D eigenvalue weighted by Gasteiger charge is 2.16. The molecule has 1 aromatic rings. The summed E-state index contributed by atoms with van der Waals surface area (Å²) in [5.41, 5.74) is 7.17. The Labute approximate surface area is 134 Å². The highest BCUT2D eigenvalue weighted by molar-refractivity contribution is 5.77. The molecular weight excluding hydrogens is 274 g/mol. The molecule has 1 aliphatic carbocycles. The molecule has 0 aromatic heterocycles. The summed E-state index contributed by atoms with van der Waals surface area (Å²) < 4.78 is 5.66. The minimum absolute atomic E-state index is 0.594. The lowest BCUT2D eigenvalue weighted by atomic mass is 9.86. The fourth-order valence-electron chi connectivity index (χ4n) is 2.44. The lowest BCUT2D eigenvalue weighted by molar-refractivity contribution is 0.133. The summed E-state index contributed by atoms with van der Waals surface area (Å²) in [6, 6.07) is 10.5. The molecule has 1 aromatic carbocycles. The van der Waals surface area contributed by atoms with Crippen molar-refractivity contribution < 1.29 is 4.74 Å². The maximum atomic E-state index is 5.84. The number of unbranched alkanes of at least 4 members (excludes halogenated alkanes) is 1. The van der Waals surface area contributed by atoms with Gasteiger partial charge in [-0.3, -0.25) is 4.99 Å². The number of hydrogen-bond acceptors (Lipinski definition) is 2. The average Bonchev–Trinajstić information content (AvgIpc) is 2.49. The summed E-state index contributed by atoms with van der Waals surface area (Å²) in [7, 11) is 0. The standard InChI is InChI=1S/C18H29N3O/c19-18(21-15-17-9-6-10-17)20-12-4-5-13-22-14-11-16-7-2-1-3-8-16/h1-3,7-8,17H,4-6,9-15H2,(H3,19,20,21). The van der Waals surface area contributed by atoms with Crippen LogP contribution < -0.4 is 11.1 Å². The molecule has 0 unspecified atom stereocenters. The topological polar surface area (TPSA) is 59.6 Å². The van der Waals surface area contributed by atoms with E-state index in [2.05, 4.69) is 34.6 Å². The average molecular weight is 303 g/mol.